The summed E-state index contributed by atoms with van der Waals surface area (Å²) in [5.74, 6) is 0.0455. The van der Waals surface area contributed by atoms with Crippen molar-refractivity contribution in [3.05, 3.63) is 12.4 Å². The van der Waals surface area contributed by atoms with Crippen molar-refractivity contribution in [1.82, 2.24) is 20.4 Å². The van der Waals surface area contributed by atoms with Crippen LogP contribution in [0.4, 0.5) is 5.69 Å². The molecular formula is C14H27Cl2N5O2. The topological polar surface area (TPSA) is 71.4 Å². The number of piperidine rings is 1. The number of halogens is 2. The van der Waals surface area contributed by atoms with E-state index in [9.17, 15) is 4.79 Å². The number of carbonyl (C=O) groups excluding carboxylic acids is 1. The van der Waals surface area contributed by atoms with Crippen molar-refractivity contribution in [3.8, 4) is 0 Å². The summed E-state index contributed by atoms with van der Waals surface area (Å²) in [6.07, 6.45) is 5.99. The minimum atomic E-state index is 0. The number of ether oxygens (including phenoxy) is 1. The van der Waals surface area contributed by atoms with Gasteiger partial charge in [0, 0.05) is 46.0 Å². The van der Waals surface area contributed by atoms with Crippen LogP contribution in [-0.4, -0.2) is 61.6 Å². The Balaban J connectivity index is 0.00000242. The quantitative estimate of drug-likeness (QED) is 0.690. The molecule has 2 N–H and O–H groups in total. The highest BCUT2D eigenvalue weighted by Crippen LogP contribution is 2.18. The molecule has 134 valence electrons. The predicted molar refractivity (Wildman–Crippen MR) is 95.8 cm³/mol. The Hall–Kier alpha value is -1.02. The average molecular weight is 368 g/mol. The van der Waals surface area contributed by atoms with Gasteiger partial charge in [-0.2, -0.15) is 5.10 Å². The highest BCUT2D eigenvalue weighted by Gasteiger charge is 2.22. The Labute approximate surface area is 149 Å². The molecule has 1 fully saturated rings. The van der Waals surface area contributed by atoms with Crippen LogP contribution in [0.5, 0.6) is 0 Å². The monoisotopic (exact) mass is 367 g/mol. The van der Waals surface area contributed by atoms with Crippen molar-refractivity contribution in [2.75, 3.05) is 44.8 Å². The van der Waals surface area contributed by atoms with Gasteiger partial charge >= 0.3 is 0 Å². The summed E-state index contributed by atoms with van der Waals surface area (Å²) in [6, 6.07) is 0.204. The highest BCUT2D eigenvalue weighted by atomic mass is 35.5. The third kappa shape index (κ3) is 7.39. The number of hydrogen-bond donors (Lipinski definition) is 2. The fourth-order valence-electron chi connectivity index (χ4n) is 2.56. The van der Waals surface area contributed by atoms with Gasteiger partial charge in [0.25, 0.3) is 0 Å². The maximum Gasteiger partial charge on any atom is 0.234 e. The van der Waals surface area contributed by atoms with Crippen molar-refractivity contribution in [1.29, 1.82) is 0 Å². The van der Waals surface area contributed by atoms with Gasteiger partial charge in [-0.1, -0.05) is 0 Å². The lowest BCUT2D eigenvalue weighted by molar-refractivity contribution is -0.121. The van der Waals surface area contributed by atoms with E-state index in [4.69, 9.17) is 4.74 Å². The van der Waals surface area contributed by atoms with E-state index in [0.717, 1.165) is 31.6 Å². The molecule has 1 unspecified atom stereocenters. The fourth-order valence-corrected chi connectivity index (χ4v) is 2.56. The van der Waals surface area contributed by atoms with Crippen molar-refractivity contribution in [2.45, 2.75) is 18.9 Å². The summed E-state index contributed by atoms with van der Waals surface area (Å²) in [4.78, 5) is 14.1. The Morgan fingerprint density at radius 1 is 1.48 bits per heavy atom. The number of hydrogen-bond acceptors (Lipinski definition) is 5. The average Bonchev–Trinajstić information content (AvgIpc) is 2.91. The summed E-state index contributed by atoms with van der Waals surface area (Å²) in [6.45, 7) is 3.51. The van der Waals surface area contributed by atoms with E-state index in [1.165, 1.54) is 0 Å². The van der Waals surface area contributed by atoms with Crippen LogP contribution in [-0.2, 0) is 16.6 Å². The molecule has 0 bridgehead atoms. The highest BCUT2D eigenvalue weighted by molar-refractivity contribution is 5.85. The summed E-state index contributed by atoms with van der Waals surface area (Å²) < 4.78 is 6.73. The van der Waals surface area contributed by atoms with E-state index < -0.39 is 0 Å². The Kier molecular flexibility index (Phi) is 11.0. The van der Waals surface area contributed by atoms with Crippen LogP contribution in [0.2, 0.25) is 0 Å². The first kappa shape index (κ1) is 22.0. The van der Waals surface area contributed by atoms with Crippen LogP contribution in [0.25, 0.3) is 0 Å². The second-order valence-electron chi connectivity index (χ2n) is 5.39. The van der Waals surface area contributed by atoms with Gasteiger partial charge in [0.15, 0.2) is 0 Å². The molecule has 2 heterocycles. The predicted octanol–water partition coefficient (Wildman–Crippen LogP) is 0.585. The van der Waals surface area contributed by atoms with Gasteiger partial charge in [0.05, 0.1) is 25.0 Å². The fraction of sp³-hybridized carbons (Fsp3) is 0.714. The molecule has 1 atom stereocenters. The molecule has 1 aromatic heterocycles. The normalized spacial score (nSPS) is 17.1. The Morgan fingerprint density at radius 3 is 2.91 bits per heavy atom. The van der Waals surface area contributed by atoms with Gasteiger partial charge in [0.2, 0.25) is 5.91 Å². The zero-order valence-corrected chi connectivity index (χ0v) is 15.3. The number of rotatable bonds is 7. The van der Waals surface area contributed by atoms with E-state index in [0.29, 0.717) is 19.7 Å². The number of aryl methyl sites for hydroxylation is 1. The van der Waals surface area contributed by atoms with Gasteiger partial charge in [-0.3, -0.25) is 9.48 Å². The molecule has 0 aromatic carbocycles. The zero-order valence-electron chi connectivity index (χ0n) is 13.7. The van der Waals surface area contributed by atoms with Gasteiger partial charge in [-0.05, 0) is 12.8 Å². The standard InChI is InChI=1S/C14H25N5O2.2ClH/c1-18-11-13(8-16-18)19-6-3-4-12(10-19)17-14(20)9-15-5-7-21-2;;/h8,11-12,15H,3-7,9-10H2,1-2H3,(H,17,20);2*1H. The summed E-state index contributed by atoms with van der Waals surface area (Å²) in [5, 5.41) is 10.4. The molecule has 0 spiro atoms. The lowest BCUT2D eigenvalue weighted by Crippen LogP contribution is -2.49. The van der Waals surface area contributed by atoms with Crippen molar-refractivity contribution in [3.63, 3.8) is 0 Å². The van der Waals surface area contributed by atoms with Gasteiger partial charge < -0.3 is 20.3 Å². The van der Waals surface area contributed by atoms with Crippen LogP contribution in [0, 0.1) is 0 Å². The Morgan fingerprint density at radius 2 is 2.26 bits per heavy atom. The molecule has 1 aromatic rings. The number of anilines is 1. The molecule has 1 saturated heterocycles. The summed E-state index contributed by atoms with van der Waals surface area (Å²) in [7, 11) is 3.56. The molecule has 7 nitrogen and oxygen atoms in total. The first-order valence-corrected chi connectivity index (χ1v) is 7.41. The molecule has 9 heteroatoms. The van der Waals surface area contributed by atoms with Crippen molar-refractivity contribution < 1.29 is 9.53 Å². The summed E-state index contributed by atoms with van der Waals surface area (Å²) >= 11 is 0. The van der Waals surface area contributed by atoms with Crippen LogP contribution >= 0.6 is 24.8 Å². The minimum Gasteiger partial charge on any atom is -0.383 e. The van der Waals surface area contributed by atoms with E-state index in [2.05, 4.69) is 20.6 Å². The van der Waals surface area contributed by atoms with Crippen LogP contribution < -0.4 is 15.5 Å². The maximum absolute atomic E-state index is 11.9. The molecule has 0 saturated carbocycles. The van der Waals surface area contributed by atoms with E-state index in [1.54, 1.807) is 11.8 Å². The first-order valence-electron chi connectivity index (χ1n) is 7.41. The third-order valence-corrected chi connectivity index (χ3v) is 3.61. The van der Waals surface area contributed by atoms with Crippen LogP contribution in [0.1, 0.15) is 12.8 Å². The second kappa shape index (κ2) is 11.5. The number of nitrogens with zero attached hydrogens (tertiary/aromatic N) is 3. The molecule has 1 amide bonds. The van der Waals surface area contributed by atoms with Gasteiger partial charge in [-0.15, -0.1) is 24.8 Å². The number of methoxy groups -OCH3 is 1. The van der Waals surface area contributed by atoms with Crippen molar-refractivity contribution >= 4 is 36.4 Å². The lowest BCUT2D eigenvalue weighted by atomic mass is 10.1. The number of nitrogens with one attached hydrogen (secondary N) is 2. The van der Waals surface area contributed by atoms with E-state index in [-0.39, 0.29) is 36.8 Å². The maximum atomic E-state index is 11.9. The van der Waals surface area contributed by atoms with Crippen molar-refractivity contribution in [2.24, 2.45) is 7.05 Å². The largest absolute Gasteiger partial charge is 0.383 e. The van der Waals surface area contributed by atoms with Crippen LogP contribution in [0.15, 0.2) is 12.4 Å². The second-order valence-corrected chi connectivity index (χ2v) is 5.39. The SMILES string of the molecule is COCCNCC(=O)NC1CCCN(c2cnn(C)c2)C1.Cl.Cl. The van der Waals surface area contributed by atoms with Gasteiger partial charge in [-0.25, -0.2) is 0 Å². The number of carbonyl (C=O) groups is 1. The number of aromatic nitrogens is 2. The first-order chi connectivity index (χ1) is 10.2. The smallest absolute Gasteiger partial charge is 0.234 e. The third-order valence-electron chi connectivity index (χ3n) is 3.61. The molecule has 1 aliphatic heterocycles. The summed E-state index contributed by atoms with van der Waals surface area (Å²) in [5.41, 5.74) is 1.12. The van der Waals surface area contributed by atoms with Gasteiger partial charge in [0.1, 0.15) is 0 Å². The Bertz CT molecular complexity index is 458. The molecular weight excluding hydrogens is 341 g/mol. The van der Waals surface area contributed by atoms with E-state index in [1.807, 2.05) is 19.4 Å². The molecule has 0 aliphatic carbocycles. The molecule has 2 rings (SSSR count). The van der Waals surface area contributed by atoms with Crippen LogP contribution in [0.3, 0.4) is 0 Å². The number of amides is 1. The minimum absolute atomic E-state index is 0. The zero-order chi connectivity index (χ0) is 15.1. The molecule has 23 heavy (non-hydrogen) atoms. The molecule has 0 radical (unpaired) electrons. The molecule has 1 aliphatic rings. The lowest BCUT2D eigenvalue weighted by Gasteiger charge is -2.33. The van der Waals surface area contributed by atoms with E-state index >= 15 is 0 Å².